The molecule has 2 aromatic carbocycles. The monoisotopic (exact) mass is 387 g/mol. The fraction of sp³-hybridized carbons (Fsp3) is 0.333. The van der Waals surface area contributed by atoms with Gasteiger partial charge in [-0.3, -0.25) is 0 Å². The Morgan fingerprint density at radius 1 is 1.04 bits per heavy atom. The molecule has 0 radical (unpaired) electrons. The van der Waals surface area contributed by atoms with Gasteiger partial charge in [0.25, 0.3) is 0 Å². The highest BCUT2D eigenvalue weighted by Gasteiger charge is 2.30. The van der Waals surface area contributed by atoms with E-state index in [0.717, 1.165) is 23.3 Å². The van der Waals surface area contributed by atoms with Crippen LogP contribution in [0.2, 0.25) is 0 Å². The molecule has 0 unspecified atom stereocenters. The molecule has 2 aromatic rings. The number of benzene rings is 2. The molecule has 2 rings (SSSR count). The van der Waals surface area contributed by atoms with Crippen LogP contribution in [-0.4, -0.2) is 15.0 Å². The second-order valence-corrected chi connectivity index (χ2v) is 7.49. The lowest BCUT2D eigenvalue weighted by molar-refractivity contribution is -0.137. The molecule has 0 atom stereocenters. The maximum absolute atomic E-state index is 12.7. The van der Waals surface area contributed by atoms with E-state index in [0.29, 0.717) is 13.2 Å². The Hall–Kier alpha value is -1.90. The first-order chi connectivity index (χ1) is 12.2. The van der Waals surface area contributed by atoms with Crippen molar-refractivity contribution in [3.05, 3.63) is 70.8 Å². The quantitative estimate of drug-likeness (QED) is 0.748. The van der Waals surface area contributed by atoms with Gasteiger partial charge in [-0.25, -0.2) is 13.1 Å². The van der Waals surface area contributed by atoms with Gasteiger partial charge in [0.15, 0.2) is 0 Å². The van der Waals surface area contributed by atoms with Gasteiger partial charge in [0.2, 0.25) is 10.0 Å². The SMILES string of the molecule is CCOCc1ccccc1CNS(=O)(=O)Cc1cccc(C(F)(F)F)c1. The van der Waals surface area contributed by atoms with Gasteiger partial charge in [0.1, 0.15) is 0 Å². The molecule has 142 valence electrons. The molecule has 0 bridgehead atoms. The topological polar surface area (TPSA) is 55.4 Å². The van der Waals surface area contributed by atoms with Crippen LogP contribution in [0.25, 0.3) is 0 Å². The molecular weight excluding hydrogens is 367 g/mol. The minimum Gasteiger partial charge on any atom is -0.377 e. The number of ether oxygens (including phenoxy) is 1. The van der Waals surface area contributed by atoms with Gasteiger partial charge < -0.3 is 4.74 Å². The summed E-state index contributed by atoms with van der Waals surface area (Å²) in [7, 11) is -3.79. The summed E-state index contributed by atoms with van der Waals surface area (Å²) in [6.45, 7) is 2.81. The highest BCUT2D eigenvalue weighted by molar-refractivity contribution is 7.88. The Morgan fingerprint density at radius 2 is 1.73 bits per heavy atom. The largest absolute Gasteiger partial charge is 0.416 e. The fourth-order valence-corrected chi connectivity index (χ4v) is 3.47. The van der Waals surface area contributed by atoms with E-state index in [1.54, 1.807) is 12.1 Å². The number of halogens is 3. The molecule has 0 fully saturated rings. The van der Waals surface area contributed by atoms with Gasteiger partial charge >= 0.3 is 6.18 Å². The molecular formula is C18H20F3NO3S. The van der Waals surface area contributed by atoms with Crippen molar-refractivity contribution >= 4 is 10.0 Å². The van der Waals surface area contributed by atoms with Gasteiger partial charge in [-0.1, -0.05) is 42.5 Å². The maximum Gasteiger partial charge on any atom is 0.416 e. The molecule has 26 heavy (non-hydrogen) atoms. The van der Waals surface area contributed by atoms with E-state index in [9.17, 15) is 21.6 Å². The average Bonchev–Trinajstić information content (AvgIpc) is 2.58. The maximum atomic E-state index is 12.7. The zero-order valence-electron chi connectivity index (χ0n) is 14.2. The smallest absolute Gasteiger partial charge is 0.377 e. The van der Waals surface area contributed by atoms with Gasteiger partial charge in [0, 0.05) is 13.2 Å². The number of hydrogen-bond acceptors (Lipinski definition) is 3. The predicted octanol–water partition coefficient (Wildman–Crippen LogP) is 3.86. The molecule has 0 amide bonds. The van der Waals surface area contributed by atoms with Crippen molar-refractivity contribution in [2.24, 2.45) is 0 Å². The molecule has 0 saturated heterocycles. The van der Waals surface area contributed by atoms with Crippen molar-refractivity contribution < 1.29 is 26.3 Å². The van der Waals surface area contributed by atoms with Crippen LogP contribution in [-0.2, 0) is 39.8 Å². The van der Waals surface area contributed by atoms with Crippen molar-refractivity contribution in [1.82, 2.24) is 4.72 Å². The number of rotatable bonds is 8. The lowest BCUT2D eigenvalue weighted by atomic mass is 10.1. The average molecular weight is 387 g/mol. The zero-order valence-corrected chi connectivity index (χ0v) is 15.0. The summed E-state index contributed by atoms with van der Waals surface area (Å²) in [5.41, 5.74) is 0.826. The molecule has 0 aliphatic heterocycles. The number of alkyl halides is 3. The Bertz CT molecular complexity index is 836. The van der Waals surface area contributed by atoms with Gasteiger partial charge in [-0.15, -0.1) is 0 Å². The third kappa shape index (κ3) is 6.12. The van der Waals surface area contributed by atoms with Crippen LogP contribution in [0.15, 0.2) is 48.5 Å². The van der Waals surface area contributed by atoms with Gasteiger partial charge in [0.05, 0.1) is 17.9 Å². The summed E-state index contributed by atoms with van der Waals surface area (Å²) in [6.07, 6.45) is -4.51. The summed E-state index contributed by atoms with van der Waals surface area (Å²) >= 11 is 0. The normalized spacial score (nSPS) is 12.3. The van der Waals surface area contributed by atoms with E-state index in [4.69, 9.17) is 4.74 Å². The van der Waals surface area contributed by atoms with E-state index in [1.807, 2.05) is 19.1 Å². The zero-order chi connectivity index (χ0) is 19.2. The van der Waals surface area contributed by atoms with Crippen molar-refractivity contribution in [2.75, 3.05) is 6.61 Å². The molecule has 0 aromatic heterocycles. The van der Waals surface area contributed by atoms with Gasteiger partial charge in [-0.05, 0) is 29.7 Å². The molecule has 0 aliphatic rings. The van der Waals surface area contributed by atoms with Crippen molar-refractivity contribution in [1.29, 1.82) is 0 Å². The third-order valence-electron chi connectivity index (χ3n) is 3.67. The number of hydrogen-bond donors (Lipinski definition) is 1. The lowest BCUT2D eigenvalue weighted by Crippen LogP contribution is -2.25. The predicted molar refractivity (Wildman–Crippen MR) is 92.7 cm³/mol. The summed E-state index contributed by atoms with van der Waals surface area (Å²) < 4.78 is 70.5. The first-order valence-corrected chi connectivity index (χ1v) is 9.64. The second-order valence-electron chi connectivity index (χ2n) is 5.68. The van der Waals surface area contributed by atoms with Crippen LogP contribution in [0.5, 0.6) is 0 Å². The number of nitrogens with one attached hydrogen (secondary N) is 1. The first kappa shape index (κ1) is 20.4. The van der Waals surface area contributed by atoms with Crippen molar-refractivity contribution in [3.8, 4) is 0 Å². The Balaban J connectivity index is 2.06. The summed E-state index contributed by atoms with van der Waals surface area (Å²) in [5.74, 6) is -0.523. The molecule has 0 saturated carbocycles. The van der Waals surface area contributed by atoms with E-state index in [2.05, 4.69) is 4.72 Å². The Morgan fingerprint density at radius 3 is 2.38 bits per heavy atom. The lowest BCUT2D eigenvalue weighted by Gasteiger charge is -2.12. The summed E-state index contributed by atoms with van der Waals surface area (Å²) in [6, 6.07) is 11.5. The van der Waals surface area contributed by atoms with Crippen LogP contribution in [0.1, 0.15) is 29.2 Å². The van der Waals surface area contributed by atoms with E-state index in [-0.39, 0.29) is 12.1 Å². The summed E-state index contributed by atoms with van der Waals surface area (Å²) in [4.78, 5) is 0. The minimum atomic E-state index is -4.51. The third-order valence-corrected chi connectivity index (χ3v) is 4.97. The number of sulfonamides is 1. The Kier molecular flexibility index (Phi) is 6.80. The van der Waals surface area contributed by atoms with E-state index in [1.165, 1.54) is 12.1 Å². The van der Waals surface area contributed by atoms with Crippen LogP contribution >= 0.6 is 0 Å². The van der Waals surface area contributed by atoms with Crippen LogP contribution in [0.4, 0.5) is 13.2 Å². The fourth-order valence-electron chi connectivity index (χ4n) is 2.38. The van der Waals surface area contributed by atoms with Crippen molar-refractivity contribution in [2.45, 2.75) is 32.0 Å². The highest BCUT2D eigenvalue weighted by Crippen LogP contribution is 2.29. The molecule has 1 N–H and O–H groups in total. The highest BCUT2D eigenvalue weighted by atomic mass is 32.2. The molecule has 8 heteroatoms. The van der Waals surface area contributed by atoms with Crippen LogP contribution in [0.3, 0.4) is 0 Å². The van der Waals surface area contributed by atoms with E-state index >= 15 is 0 Å². The Labute approximate surface area is 151 Å². The molecule has 4 nitrogen and oxygen atoms in total. The standard InChI is InChI=1S/C18H20F3NO3S/c1-2-25-12-16-8-4-3-7-15(16)11-22-26(23,24)13-14-6-5-9-17(10-14)18(19,20)21/h3-10,22H,2,11-13H2,1H3. The molecule has 0 aliphatic carbocycles. The van der Waals surface area contributed by atoms with Crippen molar-refractivity contribution in [3.63, 3.8) is 0 Å². The minimum absolute atomic E-state index is 0.0462. The summed E-state index contributed by atoms with van der Waals surface area (Å²) in [5, 5.41) is 0. The second kappa shape index (κ2) is 8.66. The van der Waals surface area contributed by atoms with E-state index < -0.39 is 27.5 Å². The van der Waals surface area contributed by atoms with Crippen LogP contribution in [0, 0.1) is 0 Å². The molecule has 0 spiro atoms. The van der Waals surface area contributed by atoms with Gasteiger partial charge in [-0.2, -0.15) is 13.2 Å². The first-order valence-electron chi connectivity index (χ1n) is 7.99. The van der Waals surface area contributed by atoms with Crippen LogP contribution < -0.4 is 4.72 Å². The molecule has 0 heterocycles.